The summed E-state index contributed by atoms with van der Waals surface area (Å²) in [6.07, 6.45) is 3.91. The normalized spacial score (nSPS) is 30.3. The summed E-state index contributed by atoms with van der Waals surface area (Å²) >= 11 is 2.24. The second-order valence-electron chi connectivity index (χ2n) is 2.30. The van der Waals surface area contributed by atoms with Gasteiger partial charge in [-0.15, -0.1) is 0 Å². The number of alkyl halides is 1. The number of ether oxygens (including phenoxy) is 1. The summed E-state index contributed by atoms with van der Waals surface area (Å²) in [5.74, 6) is 0. The van der Waals surface area contributed by atoms with E-state index < -0.39 is 0 Å². The monoisotopic (exact) mass is 266 g/mol. The Balaban J connectivity index is 2.67. The highest BCUT2D eigenvalue weighted by molar-refractivity contribution is 14.1. The number of nitrogens with zero attached hydrogens (tertiary/aromatic N) is 1. The zero-order valence-corrected chi connectivity index (χ0v) is 8.48. The molecule has 1 heterocycles. The summed E-state index contributed by atoms with van der Waals surface area (Å²) in [6.45, 7) is 0.534. The molecule has 0 aromatic rings. The van der Waals surface area contributed by atoms with E-state index in [0.29, 0.717) is 6.54 Å². The maximum absolute atomic E-state index is 5.45. The van der Waals surface area contributed by atoms with Crippen LogP contribution in [-0.4, -0.2) is 30.0 Å². The van der Waals surface area contributed by atoms with Gasteiger partial charge in [-0.2, -0.15) is 0 Å². The van der Waals surface area contributed by atoms with E-state index in [1.807, 2.05) is 12.3 Å². The summed E-state index contributed by atoms with van der Waals surface area (Å²) in [6, 6.07) is 0. The van der Waals surface area contributed by atoms with E-state index in [0.717, 1.165) is 5.57 Å². The third kappa shape index (κ3) is 2.25. The minimum Gasteiger partial charge on any atom is -0.374 e. The van der Waals surface area contributed by atoms with Gasteiger partial charge in [0.25, 0.3) is 0 Å². The van der Waals surface area contributed by atoms with Gasteiger partial charge in [0.2, 0.25) is 0 Å². The van der Waals surface area contributed by atoms with Crippen molar-refractivity contribution in [2.75, 3.05) is 13.7 Å². The maximum atomic E-state index is 5.45. The summed E-state index contributed by atoms with van der Waals surface area (Å²) in [7, 11) is 1.68. The minimum absolute atomic E-state index is 0.0825. The zero-order chi connectivity index (χ0) is 8.27. The fourth-order valence-corrected chi connectivity index (χ4v) is 1.55. The molecule has 0 bridgehead atoms. The summed E-state index contributed by atoms with van der Waals surface area (Å²) in [5.41, 5.74) is 6.49. The number of hydrogen-bond donors (Lipinski definition) is 1. The third-order valence-electron chi connectivity index (χ3n) is 1.54. The number of aliphatic imine (C=N–C) groups is 1. The van der Waals surface area contributed by atoms with Crippen molar-refractivity contribution in [2.24, 2.45) is 10.7 Å². The molecule has 0 spiro atoms. The summed E-state index contributed by atoms with van der Waals surface area (Å²) in [5, 5.41) is 0. The Hall–Kier alpha value is 0.0600. The van der Waals surface area contributed by atoms with Gasteiger partial charge in [0, 0.05) is 19.9 Å². The van der Waals surface area contributed by atoms with Gasteiger partial charge in [0.05, 0.1) is 0 Å². The molecule has 2 unspecified atom stereocenters. The predicted octanol–water partition coefficient (Wildman–Crippen LogP) is 0.732. The average Bonchev–Trinajstić information content (AvgIpc) is 2.05. The molecular formula is C7H11IN2O. The molecule has 0 radical (unpaired) electrons. The van der Waals surface area contributed by atoms with E-state index in [4.69, 9.17) is 10.5 Å². The summed E-state index contributed by atoms with van der Waals surface area (Å²) in [4.78, 5) is 4.22. The second kappa shape index (κ2) is 4.18. The first-order valence-corrected chi connectivity index (χ1v) is 4.63. The molecule has 2 N–H and O–H groups in total. The van der Waals surface area contributed by atoms with Crippen LogP contribution in [0.15, 0.2) is 16.6 Å². The largest absolute Gasteiger partial charge is 0.374 e. The molecule has 2 atom stereocenters. The van der Waals surface area contributed by atoms with Gasteiger partial charge in [-0.3, -0.25) is 4.99 Å². The van der Waals surface area contributed by atoms with Crippen molar-refractivity contribution in [1.82, 2.24) is 0 Å². The fraction of sp³-hybridized carbons (Fsp3) is 0.571. The molecule has 0 amide bonds. The van der Waals surface area contributed by atoms with Crippen molar-refractivity contribution in [3.63, 3.8) is 0 Å². The van der Waals surface area contributed by atoms with E-state index in [-0.39, 0.29) is 10.2 Å². The molecular weight excluding hydrogens is 255 g/mol. The highest BCUT2D eigenvalue weighted by Gasteiger charge is 2.17. The predicted molar refractivity (Wildman–Crippen MR) is 54.2 cm³/mol. The van der Waals surface area contributed by atoms with Gasteiger partial charge >= 0.3 is 0 Å². The number of halogens is 1. The van der Waals surface area contributed by atoms with Gasteiger partial charge in [-0.1, -0.05) is 22.6 Å². The Morgan fingerprint density at radius 3 is 3.09 bits per heavy atom. The smallest absolute Gasteiger partial charge is 0.131 e. The van der Waals surface area contributed by atoms with Crippen LogP contribution in [0.3, 0.4) is 0 Å². The second-order valence-corrected chi connectivity index (χ2v) is 3.57. The van der Waals surface area contributed by atoms with Crippen molar-refractivity contribution in [3.05, 3.63) is 11.6 Å². The van der Waals surface area contributed by atoms with Crippen molar-refractivity contribution in [2.45, 2.75) is 10.2 Å². The van der Waals surface area contributed by atoms with E-state index in [9.17, 15) is 0 Å². The molecule has 0 saturated carbocycles. The zero-order valence-electron chi connectivity index (χ0n) is 6.33. The molecule has 0 aliphatic carbocycles. The van der Waals surface area contributed by atoms with Gasteiger partial charge in [-0.05, 0) is 11.6 Å². The van der Waals surface area contributed by atoms with Crippen LogP contribution in [0.2, 0.25) is 0 Å². The van der Waals surface area contributed by atoms with Crippen LogP contribution in [0.5, 0.6) is 0 Å². The average molecular weight is 266 g/mol. The van der Waals surface area contributed by atoms with Crippen molar-refractivity contribution < 1.29 is 4.74 Å². The standard InChI is InChI=1S/C7H11IN2O/c1-11-6-2-5(3-9)4-10-7(6)8/h2,4,6-7H,3,9H2,1H3. The van der Waals surface area contributed by atoms with Gasteiger partial charge < -0.3 is 10.5 Å². The summed E-state index contributed by atoms with van der Waals surface area (Å²) < 4.78 is 5.37. The lowest BCUT2D eigenvalue weighted by atomic mass is 10.1. The molecule has 1 rings (SSSR count). The first-order chi connectivity index (χ1) is 5.27. The number of nitrogens with two attached hydrogens (primary N) is 1. The van der Waals surface area contributed by atoms with Crippen LogP contribution >= 0.6 is 22.6 Å². The van der Waals surface area contributed by atoms with Crippen molar-refractivity contribution >= 4 is 28.8 Å². The molecule has 0 fully saturated rings. The topological polar surface area (TPSA) is 47.6 Å². The Morgan fingerprint density at radius 2 is 2.55 bits per heavy atom. The van der Waals surface area contributed by atoms with E-state index >= 15 is 0 Å². The molecule has 1 aliphatic rings. The lowest BCUT2D eigenvalue weighted by molar-refractivity contribution is 0.142. The van der Waals surface area contributed by atoms with Gasteiger partial charge in [-0.25, -0.2) is 0 Å². The molecule has 62 valence electrons. The van der Waals surface area contributed by atoms with Gasteiger partial charge in [0.15, 0.2) is 0 Å². The van der Waals surface area contributed by atoms with Crippen LogP contribution in [0.25, 0.3) is 0 Å². The quantitative estimate of drug-likeness (QED) is 0.455. The molecule has 0 aromatic carbocycles. The lowest BCUT2D eigenvalue weighted by Crippen LogP contribution is -2.24. The maximum Gasteiger partial charge on any atom is 0.131 e. The molecule has 0 aromatic heterocycles. The fourth-order valence-electron chi connectivity index (χ4n) is 0.886. The van der Waals surface area contributed by atoms with Crippen LogP contribution in [0.4, 0.5) is 0 Å². The van der Waals surface area contributed by atoms with Crippen molar-refractivity contribution in [1.29, 1.82) is 0 Å². The highest BCUT2D eigenvalue weighted by atomic mass is 127. The first kappa shape index (κ1) is 9.15. The Kier molecular flexibility index (Phi) is 3.47. The number of dihydropyridines is 1. The van der Waals surface area contributed by atoms with Crippen LogP contribution in [0.1, 0.15) is 0 Å². The number of rotatable bonds is 2. The Morgan fingerprint density at radius 1 is 1.82 bits per heavy atom. The first-order valence-electron chi connectivity index (χ1n) is 3.38. The SMILES string of the molecule is COC1C=C(CN)C=NC1I. The van der Waals surface area contributed by atoms with Crippen molar-refractivity contribution in [3.8, 4) is 0 Å². The molecule has 0 saturated heterocycles. The van der Waals surface area contributed by atoms with E-state index in [1.165, 1.54) is 0 Å². The minimum atomic E-state index is 0.0825. The number of hydrogen-bond acceptors (Lipinski definition) is 3. The van der Waals surface area contributed by atoms with Crippen LogP contribution < -0.4 is 5.73 Å². The molecule has 11 heavy (non-hydrogen) atoms. The van der Waals surface area contributed by atoms with Crippen LogP contribution in [0, 0.1) is 0 Å². The highest BCUT2D eigenvalue weighted by Crippen LogP contribution is 2.17. The molecule has 4 heteroatoms. The number of methoxy groups -OCH3 is 1. The Labute approximate surface area is 79.8 Å². The Bertz CT molecular complexity index is 191. The van der Waals surface area contributed by atoms with E-state index in [2.05, 4.69) is 27.6 Å². The molecule has 1 aliphatic heterocycles. The molecule has 3 nitrogen and oxygen atoms in total. The third-order valence-corrected chi connectivity index (χ3v) is 2.57. The van der Waals surface area contributed by atoms with Crippen LogP contribution in [-0.2, 0) is 4.74 Å². The lowest BCUT2D eigenvalue weighted by Gasteiger charge is -2.18. The van der Waals surface area contributed by atoms with Gasteiger partial charge in [0.1, 0.15) is 10.2 Å². The van der Waals surface area contributed by atoms with E-state index in [1.54, 1.807) is 7.11 Å².